The molecule has 0 bridgehead atoms. The quantitative estimate of drug-likeness (QED) is 0.722. The highest BCUT2D eigenvalue weighted by Crippen LogP contribution is 2.52. The summed E-state index contributed by atoms with van der Waals surface area (Å²) >= 11 is 0. The van der Waals surface area contributed by atoms with Crippen molar-refractivity contribution in [2.45, 2.75) is 45.1 Å². The van der Waals surface area contributed by atoms with Crippen LogP contribution >= 0.6 is 0 Å². The van der Waals surface area contributed by atoms with Crippen molar-refractivity contribution in [3.05, 3.63) is 0 Å². The van der Waals surface area contributed by atoms with Crippen LogP contribution < -0.4 is 5.73 Å². The third kappa shape index (κ3) is 1.34. The van der Waals surface area contributed by atoms with Gasteiger partial charge in [0.1, 0.15) is 0 Å². The second kappa shape index (κ2) is 3.23. The van der Waals surface area contributed by atoms with E-state index in [-0.39, 0.29) is 6.04 Å². The van der Waals surface area contributed by atoms with E-state index in [0.29, 0.717) is 12.3 Å². The Balaban J connectivity index is 2.14. The first-order valence-corrected chi connectivity index (χ1v) is 5.59. The van der Waals surface area contributed by atoms with E-state index in [1.165, 1.54) is 12.8 Å². The molecule has 3 heteroatoms. The minimum atomic E-state index is -0.685. The minimum absolute atomic E-state index is 0.129. The van der Waals surface area contributed by atoms with E-state index < -0.39 is 11.4 Å². The topological polar surface area (TPSA) is 63.3 Å². The van der Waals surface area contributed by atoms with Gasteiger partial charge in [0.25, 0.3) is 0 Å². The van der Waals surface area contributed by atoms with Gasteiger partial charge in [0.05, 0.1) is 5.41 Å². The molecule has 3 N–H and O–H groups in total. The maximum Gasteiger partial charge on any atom is 0.311 e. The van der Waals surface area contributed by atoms with Gasteiger partial charge in [0.2, 0.25) is 0 Å². The number of carboxylic acid groups (broad SMARTS) is 1. The first-order chi connectivity index (χ1) is 6.60. The lowest BCUT2D eigenvalue weighted by molar-refractivity contribution is -0.149. The molecule has 0 amide bonds. The Labute approximate surface area is 84.7 Å². The average molecular weight is 197 g/mol. The Bertz CT molecular complexity index is 250. The van der Waals surface area contributed by atoms with Gasteiger partial charge in [-0.2, -0.15) is 0 Å². The molecule has 2 aliphatic carbocycles. The Morgan fingerprint density at radius 3 is 2.50 bits per heavy atom. The number of carbonyl (C=O) groups is 1. The standard InChI is InChI=1S/C11H19NO2/c1-2-11(10(13)14)6-8(5-9(11)12)7-3-4-7/h7-9H,2-6,12H2,1H3,(H,13,14). The van der Waals surface area contributed by atoms with Crippen molar-refractivity contribution in [1.29, 1.82) is 0 Å². The molecule has 0 aromatic rings. The van der Waals surface area contributed by atoms with Crippen LogP contribution in [0.2, 0.25) is 0 Å². The molecule has 14 heavy (non-hydrogen) atoms. The maximum atomic E-state index is 11.3. The van der Waals surface area contributed by atoms with Crippen molar-refractivity contribution in [2.24, 2.45) is 23.0 Å². The normalized spacial score (nSPS) is 42.7. The molecule has 2 saturated carbocycles. The molecule has 0 saturated heterocycles. The van der Waals surface area contributed by atoms with Crippen LogP contribution in [0.3, 0.4) is 0 Å². The first-order valence-electron chi connectivity index (χ1n) is 5.59. The molecule has 2 rings (SSSR count). The van der Waals surface area contributed by atoms with Crippen LogP contribution in [0.1, 0.15) is 39.0 Å². The van der Waals surface area contributed by atoms with Crippen molar-refractivity contribution < 1.29 is 9.90 Å². The van der Waals surface area contributed by atoms with E-state index in [2.05, 4.69) is 0 Å². The lowest BCUT2D eigenvalue weighted by Gasteiger charge is -2.27. The number of carboxylic acids is 1. The summed E-state index contributed by atoms with van der Waals surface area (Å²) in [5, 5.41) is 9.27. The molecule has 3 nitrogen and oxygen atoms in total. The molecule has 2 aliphatic rings. The highest BCUT2D eigenvalue weighted by Gasteiger charge is 2.53. The van der Waals surface area contributed by atoms with Gasteiger partial charge in [-0.1, -0.05) is 6.92 Å². The van der Waals surface area contributed by atoms with Gasteiger partial charge < -0.3 is 10.8 Å². The van der Waals surface area contributed by atoms with Gasteiger partial charge in [-0.15, -0.1) is 0 Å². The van der Waals surface area contributed by atoms with E-state index in [0.717, 1.165) is 18.8 Å². The fourth-order valence-electron chi connectivity index (χ4n) is 2.98. The van der Waals surface area contributed by atoms with Crippen molar-refractivity contribution in [3.8, 4) is 0 Å². The lowest BCUT2D eigenvalue weighted by Crippen LogP contribution is -2.42. The third-order valence-corrected chi connectivity index (χ3v) is 4.24. The van der Waals surface area contributed by atoms with Gasteiger partial charge >= 0.3 is 5.97 Å². The second-order valence-corrected chi connectivity index (χ2v) is 4.96. The Morgan fingerprint density at radius 2 is 2.14 bits per heavy atom. The highest BCUT2D eigenvalue weighted by atomic mass is 16.4. The molecule has 3 unspecified atom stereocenters. The molecule has 0 aromatic heterocycles. The number of hydrogen-bond acceptors (Lipinski definition) is 2. The van der Waals surface area contributed by atoms with Crippen molar-refractivity contribution in [3.63, 3.8) is 0 Å². The molecule has 0 spiro atoms. The molecule has 0 aliphatic heterocycles. The van der Waals surface area contributed by atoms with Crippen LogP contribution in [0.5, 0.6) is 0 Å². The average Bonchev–Trinajstić information content (AvgIpc) is 2.91. The predicted octanol–water partition coefficient (Wildman–Crippen LogP) is 1.61. The van der Waals surface area contributed by atoms with Gasteiger partial charge in [-0.3, -0.25) is 4.79 Å². The first kappa shape index (κ1) is 9.97. The van der Waals surface area contributed by atoms with Gasteiger partial charge in [0, 0.05) is 6.04 Å². The monoisotopic (exact) mass is 197 g/mol. The maximum absolute atomic E-state index is 11.3. The summed E-state index contributed by atoms with van der Waals surface area (Å²) in [5.41, 5.74) is 5.38. The third-order valence-electron chi connectivity index (χ3n) is 4.24. The largest absolute Gasteiger partial charge is 0.481 e. The van der Waals surface area contributed by atoms with Crippen LogP contribution in [0.25, 0.3) is 0 Å². The summed E-state index contributed by atoms with van der Waals surface area (Å²) in [7, 11) is 0. The van der Waals surface area contributed by atoms with E-state index in [4.69, 9.17) is 5.73 Å². The molecule has 80 valence electrons. The van der Waals surface area contributed by atoms with E-state index >= 15 is 0 Å². The Kier molecular flexibility index (Phi) is 2.30. The summed E-state index contributed by atoms with van der Waals surface area (Å²) in [6, 6.07) is -0.129. The fraction of sp³-hybridized carbons (Fsp3) is 0.909. The zero-order chi connectivity index (χ0) is 10.3. The van der Waals surface area contributed by atoms with Crippen LogP contribution in [0.4, 0.5) is 0 Å². The minimum Gasteiger partial charge on any atom is -0.481 e. The smallest absolute Gasteiger partial charge is 0.311 e. The van der Waals surface area contributed by atoms with Crippen LogP contribution in [0, 0.1) is 17.3 Å². The van der Waals surface area contributed by atoms with Gasteiger partial charge in [-0.25, -0.2) is 0 Å². The second-order valence-electron chi connectivity index (χ2n) is 4.96. The molecule has 0 heterocycles. The fourth-order valence-corrected chi connectivity index (χ4v) is 2.98. The lowest BCUT2D eigenvalue weighted by atomic mass is 9.79. The number of hydrogen-bond donors (Lipinski definition) is 2. The molecule has 0 radical (unpaired) electrons. The molecule has 0 aromatic carbocycles. The summed E-state index contributed by atoms with van der Waals surface area (Å²) < 4.78 is 0. The van der Waals surface area contributed by atoms with E-state index in [1.807, 2.05) is 6.92 Å². The number of aliphatic carboxylic acids is 1. The number of rotatable bonds is 3. The number of nitrogens with two attached hydrogens (primary N) is 1. The van der Waals surface area contributed by atoms with Gasteiger partial charge in [-0.05, 0) is 43.9 Å². The molecular formula is C11H19NO2. The summed E-state index contributed by atoms with van der Waals surface area (Å²) in [5.74, 6) is 0.686. The molecular weight excluding hydrogens is 178 g/mol. The van der Waals surface area contributed by atoms with Crippen molar-refractivity contribution in [1.82, 2.24) is 0 Å². The van der Waals surface area contributed by atoms with E-state index in [1.54, 1.807) is 0 Å². The summed E-state index contributed by atoms with van der Waals surface area (Å²) in [6.45, 7) is 1.95. The highest BCUT2D eigenvalue weighted by molar-refractivity contribution is 5.76. The Morgan fingerprint density at radius 1 is 1.50 bits per heavy atom. The zero-order valence-electron chi connectivity index (χ0n) is 8.70. The predicted molar refractivity (Wildman–Crippen MR) is 53.8 cm³/mol. The zero-order valence-corrected chi connectivity index (χ0v) is 8.70. The molecule has 2 fully saturated rings. The van der Waals surface area contributed by atoms with Gasteiger partial charge in [0.15, 0.2) is 0 Å². The van der Waals surface area contributed by atoms with Crippen molar-refractivity contribution >= 4 is 5.97 Å². The SMILES string of the molecule is CCC1(C(=O)O)CC(C2CC2)CC1N. The van der Waals surface area contributed by atoms with Crippen LogP contribution in [-0.2, 0) is 4.79 Å². The molecule has 3 atom stereocenters. The Hall–Kier alpha value is -0.570. The summed E-state index contributed by atoms with van der Waals surface area (Å²) in [6.07, 6.45) is 4.98. The van der Waals surface area contributed by atoms with Crippen LogP contribution in [0.15, 0.2) is 0 Å². The van der Waals surface area contributed by atoms with E-state index in [9.17, 15) is 9.90 Å². The van der Waals surface area contributed by atoms with Crippen molar-refractivity contribution in [2.75, 3.05) is 0 Å². The summed E-state index contributed by atoms with van der Waals surface area (Å²) in [4.78, 5) is 11.3. The van der Waals surface area contributed by atoms with Crippen LogP contribution in [-0.4, -0.2) is 17.1 Å².